The first-order valence-corrected chi connectivity index (χ1v) is 6.80. The zero-order valence-electron chi connectivity index (χ0n) is 11.5. The van der Waals surface area contributed by atoms with Crippen LogP contribution in [0.1, 0.15) is 32.3 Å². The number of nitrogens with one attached hydrogen (secondary N) is 1. The van der Waals surface area contributed by atoms with Crippen LogP contribution in [0, 0.1) is 17.1 Å². The lowest BCUT2D eigenvalue weighted by Crippen LogP contribution is -2.42. The Kier molecular flexibility index (Phi) is 4.39. The topological polar surface area (TPSA) is 39.1 Å². The molecular formula is C15H20FN3. The molecule has 3 nitrogen and oxygen atoms in total. The predicted molar refractivity (Wildman–Crippen MR) is 74.5 cm³/mol. The van der Waals surface area contributed by atoms with Crippen molar-refractivity contribution in [3.63, 3.8) is 0 Å². The number of nitrogens with zero attached hydrogens (tertiary/aromatic N) is 2. The molecule has 0 atom stereocenters. The van der Waals surface area contributed by atoms with Gasteiger partial charge in [-0.15, -0.1) is 0 Å². The fourth-order valence-electron chi connectivity index (χ4n) is 2.48. The molecule has 1 fully saturated rings. The van der Waals surface area contributed by atoms with E-state index in [0.717, 1.165) is 25.9 Å². The Hall–Kier alpha value is -1.60. The van der Waals surface area contributed by atoms with Crippen LogP contribution in [0.5, 0.6) is 0 Å². The molecule has 0 saturated carbocycles. The van der Waals surface area contributed by atoms with E-state index in [4.69, 9.17) is 5.26 Å². The SMILES string of the molecule is CC(C)N1CCC(Nc2ccc(C#N)cc2F)CC1. The van der Waals surface area contributed by atoms with Crippen molar-refractivity contribution in [2.24, 2.45) is 0 Å². The van der Waals surface area contributed by atoms with E-state index in [-0.39, 0.29) is 5.82 Å². The molecule has 0 aromatic heterocycles. The molecule has 1 aromatic carbocycles. The van der Waals surface area contributed by atoms with Crippen molar-refractivity contribution >= 4 is 5.69 Å². The van der Waals surface area contributed by atoms with Crippen LogP contribution < -0.4 is 5.32 Å². The van der Waals surface area contributed by atoms with Crippen LogP contribution in [0.2, 0.25) is 0 Å². The van der Waals surface area contributed by atoms with E-state index in [9.17, 15) is 4.39 Å². The van der Waals surface area contributed by atoms with Crippen molar-refractivity contribution in [1.82, 2.24) is 4.90 Å². The molecule has 0 aliphatic carbocycles. The largest absolute Gasteiger partial charge is 0.380 e. The second kappa shape index (κ2) is 6.03. The molecule has 1 aliphatic rings. The molecule has 0 bridgehead atoms. The van der Waals surface area contributed by atoms with Gasteiger partial charge in [-0.25, -0.2) is 4.39 Å². The van der Waals surface area contributed by atoms with E-state index < -0.39 is 0 Å². The van der Waals surface area contributed by atoms with Crippen LogP contribution in [0.25, 0.3) is 0 Å². The Balaban J connectivity index is 1.94. The van der Waals surface area contributed by atoms with Gasteiger partial charge in [-0.3, -0.25) is 0 Å². The first kappa shape index (κ1) is 13.8. The number of hydrogen-bond acceptors (Lipinski definition) is 3. The number of halogens is 1. The molecule has 1 saturated heterocycles. The third kappa shape index (κ3) is 3.45. The summed E-state index contributed by atoms with van der Waals surface area (Å²) in [7, 11) is 0. The van der Waals surface area contributed by atoms with Crippen LogP contribution in [0.3, 0.4) is 0 Å². The highest BCUT2D eigenvalue weighted by Gasteiger charge is 2.21. The van der Waals surface area contributed by atoms with Gasteiger partial charge in [-0.2, -0.15) is 5.26 Å². The number of likely N-dealkylation sites (tertiary alicyclic amines) is 1. The number of piperidine rings is 1. The van der Waals surface area contributed by atoms with Gasteiger partial charge in [0.25, 0.3) is 0 Å². The van der Waals surface area contributed by atoms with Gasteiger partial charge in [0, 0.05) is 25.2 Å². The van der Waals surface area contributed by atoms with E-state index in [1.807, 2.05) is 6.07 Å². The Morgan fingerprint density at radius 3 is 2.58 bits per heavy atom. The summed E-state index contributed by atoms with van der Waals surface area (Å²) in [6.07, 6.45) is 2.05. The van der Waals surface area contributed by atoms with Gasteiger partial charge in [-0.1, -0.05) is 0 Å². The van der Waals surface area contributed by atoms with Crippen molar-refractivity contribution < 1.29 is 4.39 Å². The number of anilines is 1. The van der Waals surface area contributed by atoms with E-state index >= 15 is 0 Å². The molecule has 1 heterocycles. The average Bonchev–Trinajstić information content (AvgIpc) is 2.41. The van der Waals surface area contributed by atoms with Crippen LogP contribution >= 0.6 is 0 Å². The summed E-state index contributed by atoms with van der Waals surface area (Å²) in [6.45, 7) is 6.50. The van der Waals surface area contributed by atoms with Gasteiger partial charge in [-0.05, 0) is 44.9 Å². The summed E-state index contributed by atoms with van der Waals surface area (Å²) in [5.74, 6) is -0.342. The molecule has 0 unspecified atom stereocenters. The smallest absolute Gasteiger partial charge is 0.147 e. The van der Waals surface area contributed by atoms with Gasteiger partial charge in [0.2, 0.25) is 0 Å². The number of rotatable bonds is 3. The Bertz CT molecular complexity index is 471. The van der Waals surface area contributed by atoms with Crippen LogP contribution in [0.4, 0.5) is 10.1 Å². The van der Waals surface area contributed by atoms with Crippen LogP contribution in [-0.4, -0.2) is 30.1 Å². The van der Waals surface area contributed by atoms with E-state index in [0.29, 0.717) is 23.3 Å². The summed E-state index contributed by atoms with van der Waals surface area (Å²) in [6, 6.07) is 7.42. The lowest BCUT2D eigenvalue weighted by Gasteiger charge is -2.35. The number of benzene rings is 1. The maximum atomic E-state index is 13.8. The van der Waals surface area contributed by atoms with Crippen molar-refractivity contribution in [2.45, 2.75) is 38.8 Å². The van der Waals surface area contributed by atoms with Gasteiger partial charge >= 0.3 is 0 Å². The molecule has 1 aromatic rings. The van der Waals surface area contributed by atoms with Gasteiger partial charge in [0.15, 0.2) is 0 Å². The molecule has 102 valence electrons. The zero-order chi connectivity index (χ0) is 13.8. The average molecular weight is 261 g/mol. The zero-order valence-corrected chi connectivity index (χ0v) is 11.5. The third-order valence-electron chi connectivity index (χ3n) is 3.72. The number of nitriles is 1. The standard InChI is InChI=1S/C15H20FN3/c1-11(2)19-7-5-13(6-8-19)18-15-4-3-12(10-17)9-14(15)16/h3-4,9,11,13,18H,5-8H2,1-2H3. The lowest BCUT2D eigenvalue weighted by molar-refractivity contribution is 0.177. The number of hydrogen-bond donors (Lipinski definition) is 1. The molecule has 4 heteroatoms. The summed E-state index contributed by atoms with van der Waals surface area (Å²) in [4.78, 5) is 2.44. The fourth-order valence-corrected chi connectivity index (χ4v) is 2.48. The quantitative estimate of drug-likeness (QED) is 0.909. The van der Waals surface area contributed by atoms with E-state index in [1.54, 1.807) is 12.1 Å². The highest BCUT2D eigenvalue weighted by atomic mass is 19.1. The van der Waals surface area contributed by atoms with Gasteiger partial charge < -0.3 is 10.2 Å². The third-order valence-corrected chi connectivity index (χ3v) is 3.72. The second-order valence-corrected chi connectivity index (χ2v) is 5.35. The molecule has 1 aliphatic heterocycles. The van der Waals surface area contributed by atoms with Crippen molar-refractivity contribution in [1.29, 1.82) is 5.26 Å². The minimum atomic E-state index is -0.342. The first-order chi connectivity index (χ1) is 9.10. The molecule has 2 rings (SSSR count). The Labute approximate surface area is 114 Å². The van der Waals surface area contributed by atoms with Crippen LogP contribution in [0.15, 0.2) is 18.2 Å². The maximum absolute atomic E-state index is 13.8. The van der Waals surface area contributed by atoms with Crippen molar-refractivity contribution in [3.8, 4) is 6.07 Å². The molecule has 19 heavy (non-hydrogen) atoms. The maximum Gasteiger partial charge on any atom is 0.147 e. The van der Waals surface area contributed by atoms with Crippen molar-refractivity contribution in [3.05, 3.63) is 29.6 Å². The summed E-state index contributed by atoms with van der Waals surface area (Å²) < 4.78 is 13.8. The minimum absolute atomic E-state index is 0.317. The first-order valence-electron chi connectivity index (χ1n) is 6.80. The molecule has 0 amide bonds. The second-order valence-electron chi connectivity index (χ2n) is 5.35. The molecular weight excluding hydrogens is 241 g/mol. The van der Waals surface area contributed by atoms with E-state index in [1.165, 1.54) is 6.07 Å². The molecule has 1 N–H and O–H groups in total. The summed E-state index contributed by atoms with van der Waals surface area (Å²) in [5, 5.41) is 12.0. The molecule has 0 radical (unpaired) electrons. The van der Waals surface area contributed by atoms with Gasteiger partial charge in [0.1, 0.15) is 5.82 Å². The highest BCUT2D eigenvalue weighted by molar-refractivity contribution is 5.49. The monoisotopic (exact) mass is 261 g/mol. The minimum Gasteiger partial charge on any atom is -0.380 e. The van der Waals surface area contributed by atoms with E-state index in [2.05, 4.69) is 24.1 Å². The summed E-state index contributed by atoms with van der Waals surface area (Å²) in [5.41, 5.74) is 0.861. The normalized spacial score (nSPS) is 17.4. The Morgan fingerprint density at radius 2 is 2.05 bits per heavy atom. The molecule has 0 spiro atoms. The predicted octanol–water partition coefficient (Wildman–Crippen LogP) is 2.98. The fraction of sp³-hybridized carbons (Fsp3) is 0.533. The summed E-state index contributed by atoms with van der Waals surface area (Å²) >= 11 is 0. The van der Waals surface area contributed by atoms with Crippen molar-refractivity contribution in [2.75, 3.05) is 18.4 Å². The van der Waals surface area contributed by atoms with Crippen LogP contribution in [-0.2, 0) is 0 Å². The Morgan fingerprint density at radius 1 is 1.37 bits per heavy atom. The van der Waals surface area contributed by atoms with Gasteiger partial charge in [0.05, 0.1) is 17.3 Å². The lowest BCUT2D eigenvalue weighted by atomic mass is 10.0. The highest BCUT2D eigenvalue weighted by Crippen LogP contribution is 2.21.